The predicted octanol–water partition coefficient (Wildman–Crippen LogP) is -7.25. The van der Waals surface area contributed by atoms with Gasteiger partial charge in [-0.2, -0.15) is 0 Å². The maximum atomic E-state index is 10.8. The van der Waals surface area contributed by atoms with Crippen LogP contribution in [-0.2, 0) is 9.59 Å². The second-order valence-corrected chi connectivity index (χ2v) is 5.53. The molecule has 0 amide bonds. The first kappa shape index (κ1) is 21.0. The molecule has 0 bridgehead atoms. The van der Waals surface area contributed by atoms with E-state index in [-0.39, 0.29) is 0 Å². The molecule has 10 atom stereocenters. The zero-order valence-corrected chi connectivity index (χ0v) is 12.1. The van der Waals surface area contributed by atoms with Gasteiger partial charge in [-0.15, -0.1) is 0 Å². The van der Waals surface area contributed by atoms with E-state index >= 15 is 0 Å². The van der Waals surface area contributed by atoms with E-state index in [1.54, 1.807) is 0 Å². The highest BCUT2D eigenvalue weighted by Gasteiger charge is 2.48. The molecule has 0 aromatic heterocycles. The molecule has 12 nitrogen and oxygen atoms in total. The Kier molecular flexibility index (Phi) is 6.89. The van der Waals surface area contributed by atoms with Crippen LogP contribution < -0.4 is 0 Å². The average molecular weight is 356 g/mol. The normalized spacial score (nSPS) is 49.4. The second kappa shape index (κ2) is 7.88. The quantitative estimate of drug-likeness (QED) is 0.195. The lowest BCUT2D eigenvalue weighted by Crippen LogP contribution is -2.61. The Morgan fingerprint density at radius 1 is 0.375 bits per heavy atom. The number of Topliss-reactive ketones (excluding diaryl/α,β-unsaturated/α-hetero) is 2. The van der Waals surface area contributed by atoms with Gasteiger partial charge in [0, 0.05) is 0 Å². The van der Waals surface area contributed by atoms with Crippen LogP contribution in [0, 0.1) is 0 Å². The van der Waals surface area contributed by atoms with Crippen molar-refractivity contribution >= 4 is 11.6 Å². The topological polar surface area (TPSA) is 236 Å². The molecule has 2 unspecified atom stereocenters. The monoisotopic (exact) mass is 356 g/mol. The van der Waals surface area contributed by atoms with E-state index in [4.69, 9.17) is 51.1 Å². The highest BCUT2D eigenvalue weighted by Crippen LogP contribution is 2.18. The van der Waals surface area contributed by atoms with Crippen molar-refractivity contribution in [3.63, 3.8) is 0 Å². The Balaban J connectivity index is 0.000000240. The van der Waals surface area contributed by atoms with Crippen molar-refractivity contribution in [2.24, 2.45) is 0 Å². The largest absolute Gasteiger partial charge is 0.387 e. The standard InChI is InChI=1S/2C6H10O6/c2*7-1-2(8)4(10)6(12)5(11)3(1)9/h2*1-5,7-11H/t2*1?,2-,3-,4-,5+/m00/s1. The van der Waals surface area contributed by atoms with Crippen molar-refractivity contribution in [1.82, 2.24) is 0 Å². The van der Waals surface area contributed by atoms with Crippen LogP contribution in [0.4, 0.5) is 0 Å². The van der Waals surface area contributed by atoms with Crippen LogP contribution in [0.3, 0.4) is 0 Å². The first-order valence-electron chi connectivity index (χ1n) is 6.81. The number of aliphatic hydroxyl groups is 10. The molecule has 2 fully saturated rings. The molecule has 0 heterocycles. The van der Waals surface area contributed by atoms with E-state index in [9.17, 15) is 9.59 Å². The third-order valence-corrected chi connectivity index (χ3v) is 3.86. The second-order valence-electron chi connectivity index (χ2n) is 5.53. The third kappa shape index (κ3) is 3.78. The van der Waals surface area contributed by atoms with Crippen LogP contribution in [-0.4, -0.2) is 124 Å². The fourth-order valence-corrected chi connectivity index (χ4v) is 2.17. The Morgan fingerprint density at radius 2 is 0.542 bits per heavy atom. The van der Waals surface area contributed by atoms with Gasteiger partial charge in [0.15, 0.2) is 11.6 Å². The van der Waals surface area contributed by atoms with Crippen molar-refractivity contribution in [1.29, 1.82) is 0 Å². The smallest absolute Gasteiger partial charge is 0.195 e. The van der Waals surface area contributed by atoms with E-state index in [0.717, 1.165) is 0 Å². The highest BCUT2D eigenvalue weighted by atomic mass is 16.4. The van der Waals surface area contributed by atoms with Gasteiger partial charge in [-0.1, -0.05) is 0 Å². The SMILES string of the molecule is O=C1[C@@H](O)[C@@H](O)C(O)[C@H](O)[C@H]1O.O=C1[C@@H](O)[C@@H](O)C(O)[C@H](O)[C@H]1O. The number of hydrogen-bond donors (Lipinski definition) is 10. The first-order valence-corrected chi connectivity index (χ1v) is 6.81. The number of rotatable bonds is 0. The molecule has 10 N–H and O–H groups in total. The summed E-state index contributed by atoms with van der Waals surface area (Å²) in [6.45, 7) is 0. The summed E-state index contributed by atoms with van der Waals surface area (Å²) in [7, 11) is 0. The van der Waals surface area contributed by atoms with Crippen molar-refractivity contribution in [2.45, 2.75) is 61.0 Å². The molecule has 0 spiro atoms. The highest BCUT2D eigenvalue weighted by molar-refractivity contribution is 5.89. The molecule has 140 valence electrons. The Hall–Kier alpha value is -1.06. The summed E-state index contributed by atoms with van der Waals surface area (Å²) in [5.74, 6) is -2.17. The summed E-state index contributed by atoms with van der Waals surface area (Å²) in [4.78, 5) is 21.5. The van der Waals surface area contributed by atoms with Gasteiger partial charge in [-0.25, -0.2) is 0 Å². The van der Waals surface area contributed by atoms with E-state index in [1.165, 1.54) is 0 Å². The van der Waals surface area contributed by atoms with Gasteiger partial charge < -0.3 is 51.1 Å². The predicted molar refractivity (Wildman–Crippen MR) is 70.1 cm³/mol. The van der Waals surface area contributed by atoms with Gasteiger partial charge in [0.25, 0.3) is 0 Å². The molecule has 2 aliphatic rings. The maximum Gasteiger partial charge on any atom is 0.195 e. The van der Waals surface area contributed by atoms with Gasteiger partial charge in [0.05, 0.1) is 0 Å². The molecule has 2 aliphatic carbocycles. The minimum Gasteiger partial charge on any atom is -0.387 e. The van der Waals surface area contributed by atoms with E-state index in [0.29, 0.717) is 0 Å². The zero-order chi connectivity index (χ0) is 18.9. The van der Waals surface area contributed by atoms with Crippen molar-refractivity contribution in [3.05, 3.63) is 0 Å². The molecule has 0 saturated heterocycles. The van der Waals surface area contributed by atoms with Gasteiger partial charge in [-0.3, -0.25) is 9.59 Å². The number of hydrogen-bond acceptors (Lipinski definition) is 12. The van der Waals surface area contributed by atoms with E-state index in [2.05, 4.69) is 0 Å². The lowest BCUT2D eigenvalue weighted by molar-refractivity contribution is -0.185. The summed E-state index contributed by atoms with van der Waals surface area (Å²) >= 11 is 0. The molecule has 24 heavy (non-hydrogen) atoms. The lowest BCUT2D eigenvalue weighted by Gasteiger charge is -2.34. The summed E-state index contributed by atoms with van der Waals surface area (Å²) < 4.78 is 0. The Bertz CT molecular complexity index is 391. The van der Waals surface area contributed by atoms with Crippen molar-refractivity contribution in [3.8, 4) is 0 Å². The molecular weight excluding hydrogens is 336 g/mol. The van der Waals surface area contributed by atoms with Crippen LogP contribution in [0.5, 0.6) is 0 Å². The maximum absolute atomic E-state index is 10.8. The molecule has 0 aliphatic heterocycles. The van der Waals surface area contributed by atoms with Gasteiger partial charge in [0.1, 0.15) is 61.0 Å². The van der Waals surface area contributed by atoms with Crippen LogP contribution in [0.2, 0.25) is 0 Å². The summed E-state index contributed by atoms with van der Waals surface area (Å²) in [5, 5.41) is 89.0. The number of carbonyl (C=O) groups is 2. The summed E-state index contributed by atoms with van der Waals surface area (Å²) in [5.41, 5.74) is 0. The van der Waals surface area contributed by atoms with Gasteiger partial charge in [-0.05, 0) is 0 Å². The lowest BCUT2D eigenvalue weighted by atomic mass is 9.86. The van der Waals surface area contributed by atoms with Crippen LogP contribution >= 0.6 is 0 Å². The van der Waals surface area contributed by atoms with Crippen LogP contribution in [0.1, 0.15) is 0 Å². The molecule has 12 heteroatoms. The minimum absolute atomic E-state index is 1.08. The molecule has 2 saturated carbocycles. The van der Waals surface area contributed by atoms with E-state index in [1.807, 2.05) is 0 Å². The fourth-order valence-electron chi connectivity index (χ4n) is 2.17. The Labute approximate surface area is 134 Å². The van der Waals surface area contributed by atoms with Crippen molar-refractivity contribution in [2.75, 3.05) is 0 Å². The molecular formula is C12H20O12. The number of carbonyl (C=O) groups excluding carboxylic acids is 2. The summed E-state index contributed by atoms with van der Waals surface area (Å²) in [6, 6.07) is 0. The summed E-state index contributed by atoms with van der Waals surface area (Å²) in [6.07, 6.45) is -17.7. The zero-order valence-electron chi connectivity index (χ0n) is 12.1. The van der Waals surface area contributed by atoms with Crippen molar-refractivity contribution < 1.29 is 60.7 Å². The minimum atomic E-state index is -1.83. The third-order valence-electron chi connectivity index (χ3n) is 3.86. The van der Waals surface area contributed by atoms with Crippen LogP contribution in [0.25, 0.3) is 0 Å². The number of ketones is 2. The average Bonchev–Trinajstić information content (AvgIpc) is 2.58. The molecule has 0 radical (unpaired) electrons. The molecule has 2 rings (SSSR count). The molecule has 0 aromatic rings. The Morgan fingerprint density at radius 3 is 0.708 bits per heavy atom. The van der Waals surface area contributed by atoms with E-state index < -0.39 is 72.6 Å². The molecule has 0 aromatic carbocycles. The number of aliphatic hydroxyl groups excluding tert-OH is 10. The first-order chi connectivity index (χ1) is 10.9. The van der Waals surface area contributed by atoms with Gasteiger partial charge in [0.2, 0.25) is 0 Å². The fraction of sp³-hybridized carbons (Fsp3) is 0.833. The van der Waals surface area contributed by atoms with Gasteiger partial charge >= 0.3 is 0 Å². The van der Waals surface area contributed by atoms with Crippen LogP contribution in [0.15, 0.2) is 0 Å².